The molecule has 1 atom stereocenters. The summed E-state index contributed by atoms with van der Waals surface area (Å²) >= 11 is 6.33. The van der Waals surface area contributed by atoms with Crippen molar-refractivity contribution in [2.24, 2.45) is 5.92 Å². The first-order chi connectivity index (χ1) is 29.9. The number of anilines is 3. The molecule has 4 heterocycles. The second-order valence-corrected chi connectivity index (χ2v) is 17.8. The van der Waals surface area contributed by atoms with Gasteiger partial charge in [-0.3, -0.25) is 24.2 Å². The summed E-state index contributed by atoms with van der Waals surface area (Å²) in [6, 6.07) is 24.2. The van der Waals surface area contributed by atoms with E-state index in [0.717, 1.165) is 66.1 Å². The number of pyridine rings is 1. The van der Waals surface area contributed by atoms with E-state index in [0.29, 0.717) is 40.8 Å². The predicted molar refractivity (Wildman–Crippen MR) is 245 cm³/mol. The predicted octanol–water partition coefficient (Wildman–Crippen LogP) is 8.86. The van der Waals surface area contributed by atoms with Gasteiger partial charge in [-0.05, 0) is 161 Å². The Balaban J connectivity index is 0.834. The molecule has 1 N–H and O–H groups in total. The first-order valence-corrected chi connectivity index (χ1v) is 22.4. The number of imidazole rings is 1. The van der Waals surface area contributed by atoms with Crippen LogP contribution in [0.4, 0.5) is 22.0 Å². The molecule has 62 heavy (non-hydrogen) atoms. The molecule has 0 radical (unpaired) electrons. The molecule has 8 rings (SSSR count). The SMILES string of the molecule is COc1cc2c(cc1OC(C)C)C(c1ccc(Cl)cc1)N(c1ccc(N(C)C[C@H]3CC[C@H](N(C)CCCCc4ccn5c(N6CCC(=O)NC6=O)cnc5c4)CC3)cc1)C(=O)C2. The van der Waals surface area contributed by atoms with Crippen molar-refractivity contribution in [1.29, 1.82) is 0 Å². The van der Waals surface area contributed by atoms with Crippen LogP contribution < -0.4 is 29.5 Å². The number of carbonyl (C=O) groups is 3. The summed E-state index contributed by atoms with van der Waals surface area (Å²) in [5.74, 6) is 2.36. The molecule has 13 heteroatoms. The van der Waals surface area contributed by atoms with Gasteiger partial charge in [0.1, 0.15) is 11.5 Å². The maximum absolute atomic E-state index is 14.0. The number of methoxy groups -OCH3 is 1. The Morgan fingerprint density at radius 1 is 0.919 bits per heavy atom. The molecule has 1 unspecified atom stereocenters. The topological polar surface area (TPSA) is 112 Å². The van der Waals surface area contributed by atoms with Gasteiger partial charge in [0.05, 0.1) is 31.9 Å². The molecule has 4 amide bonds. The van der Waals surface area contributed by atoms with Crippen LogP contribution in [0.15, 0.2) is 85.2 Å². The number of ether oxygens (including phenoxy) is 2. The highest BCUT2D eigenvalue weighted by Crippen LogP contribution is 2.44. The zero-order valence-electron chi connectivity index (χ0n) is 36.5. The average molecular weight is 860 g/mol. The van der Waals surface area contributed by atoms with Crippen molar-refractivity contribution in [1.82, 2.24) is 19.6 Å². The van der Waals surface area contributed by atoms with Crippen molar-refractivity contribution in [2.75, 3.05) is 55.5 Å². The summed E-state index contributed by atoms with van der Waals surface area (Å²) in [4.78, 5) is 51.0. The number of fused-ring (bicyclic) bond motifs is 2. The number of nitrogens with zero attached hydrogens (tertiary/aromatic N) is 6. The van der Waals surface area contributed by atoms with Crippen LogP contribution in [0.1, 0.15) is 87.1 Å². The van der Waals surface area contributed by atoms with Gasteiger partial charge in [0.15, 0.2) is 11.5 Å². The zero-order valence-corrected chi connectivity index (χ0v) is 37.2. The fraction of sp³-hybridized carbons (Fsp3) is 0.429. The van der Waals surface area contributed by atoms with E-state index in [-0.39, 0.29) is 36.8 Å². The van der Waals surface area contributed by atoms with Crippen molar-refractivity contribution in [3.63, 3.8) is 0 Å². The van der Waals surface area contributed by atoms with Gasteiger partial charge in [-0.15, -0.1) is 0 Å². The Kier molecular flexibility index (Phi) is 13.1. The molecule has 0 bridgehead atoms. The molecule has 326 valence electrons. The Morgan fingerprint density at radius 3 is 2.39 bits per heavy atom. The molecule has 3 aromatic carbocycles. The van der Waals surface area contributed by atoms with Gasteiger partial charge in [0, 0.05) is 55.2 Å². The minimum absolute atomic E-state index is 0.0225. The fourth-order valence-electron chi connectivity index (χ4n) is 9.48. The van der Waals surface area contributed by atoms with Crippen molar-refractivity contribution in [2.45, 2.75) is 89.8 Å². The number of halogens is 1. The molecule has 0 spiro atoms. The molecule has 12 nitrogen and oxygen atoms in total. The summed E-state index contributed by atoms with van der Waals surface area (Å²) in [6.45, 7) is 6.41. The van der Waals surface area contributed by atoms with E-state index in [1.165, 1.54) is 31.2 Å². The molecular formula is C49H58ClN7O5. The van der Waals surface area contributed by atoms with E-state index in [2.05, 4.69) is 70.6 Å². The van der Waals surface area contributed by atoms with Crippen molar-refractivity contribution in [3.05, 3.63) is 112 Å². The van der Waals surface area contributed by atoms with Gasteiger partial charge in [0.2, 0.25) is 11.8 Å². The van der Waals surface area contributed by atoms with Crippen LogP contribution in [0.5, 0.6) is 11.5 Å². The molecule has 2 aromatic heterocycles. The second kappa shape index (κ2) is 18.8. The number of carbonyl (C=O) groups excluding carboxylic acids is 3. The van der Waals surface area contributed by atoms with E-state index >= 15 is 0 Å². The number of hydrogen-bond donors (Lipinski definition) is 1. The molecule has 5 aromatic rings. The van der Waals surface area contributed by atoms with Gasteiger partial charge in [0.25, 0.3) is 0 Å². The summed E-state index contributed by atoms with van der Waals surface area (Å²) < 4.78 is 13.8. The number of urea groups is 1. The Labute approximate surface area is 369 Å². The Hall–Kier alpha value is -5.59. The van der Waals surface area contributed by atoms with E-state index in [1.807, 2.05) is 65.7 Å². The highest BCUT2D eigenvalue weighted by Gasteiger charge is 2.36. The van der Waals surface area contributed by atoms with Crippen LogP contribution in [0.3, 0.4) is 0 Å². The summed E-state index contributed by atoms with van der Waals surface area (Å²) in [7, 11) is 6.08. The molecule has 1 saturated carbocycles. The lowest BCUT2D eigenvalue weighted by molar-refractivity contribution is -0.120. The maximum atomic E-state index is 14.0. The van der Waals surface area contributed by atoms with Gasteiger partial charge in [-0.1, -0.05) is 23.7 Å². The van der Waals surface area contributed by atoms with Crippen molar-refractivity contribution in [3.8, 4) is 11.5 Å². The van der Waals surface area contributed by atoms with Crippen LogP contribution >= 0.6 is 11.6 Å². The second-order valence-electron chi connectivity index (χ2n) is 17.4. The Morgan fingerprint density at radius 2 is 1.68 bits per heavy atom. The standard InChI is InChI=1S/C49H58ClN7O5/c1-32(2)62-43-29-41-36(27-42(43)61-5)28-47(59)57(48(41)35-11-13-37(50)14-12-35)40-19-17-39(18-20-40)54(4)31-34-9-15-38(16-10-34)53(3)23-7-6-8-33-21-24-55-44(26-33)51-30-46(55)56-25-22-45(58)52-49(56)60/h11-14,17-21,24,26-27,29-30,32,34,38,48H,6-10,15-16,22-23,25,28,31H2,1-5H3,(H,52,58,60)/t34-,38-,48?. The fourth-order valence-corrected chi connectivity index (χ4v) is 9.60. The third kappa shape index (κ3) is 9.41. The zero-order chi connectivity index (χ0) is 43.5. The van der Waals surface area contributed by atoms with Gasteiger partial charge < -0.3 is 24.2 Å². The van der Waals surface area contributed by atoms with Crippen LogP contribution in [0.2, 0.25) is 5.02 Å². The average Bonchev–Trinajstić information content (AvgIpc) is 3.68. The van der Waals surface area contributed by atoms with Gasteiger partial charge >= 0.3 is 6.03 Å². The van der Waals surface area contributed by atoms with E-state index in [4.69, 9.17) is 21.1 Å². The first-order valence-electron chi connectivity index (χ1n) is 22.0. The summed E-state index contributed by atoms with van der Waals surface area (Å²) in [6.07, 6.45) is 12.2. The van der Waals surface area contributed by atoms with Crippen LogP contribution in [0.25, 0.3) is 5.65 Å². The number of amides is 4. The number of rotatable bonds is 15. The van der Waals surface area contributed by atoms with Gasteiger partial charge in [-0.25, -0.2) is 9.78 Å². The van der Waals surface area contributed by atoms with E-state index in [1.54, 1.807) is 18.2 Å². The number of unbranched alkanes of at least 4 members (excludes halogenated alkanes) is 1. The molecular weight excluding hydrogens is 802 g/mol. The number of imide groups is 1. The minimum Gasteiger partial charge on any atom is -0.493 e. The molecule has 2 aliphatic heterocycles. The summed E-state index contributed by atoms with van der Waals surface area (Å²) in [5, 5.41) is 3.03. The smallest absolute Gasteiger partial charge is 0.329 e. The third-order valence-electron chi connectivity index (χ3n) is 12.8. The van der Waals surface area contributed by atoms with Gasteiger partial charge in [-0.2, -0.15) is 0 Å². The van der Waals surface area contributed by atoms with Crippen molar-refractivity contribution >= 4 is 52.3 Å². The lowest BCUT2D eigenvalue weighted by Crippen LogP contribution is -2.50. The summed E-state index contributed by atoms with van der Waals surface area (Å²) in [5.41, 5.74) is 6.93. The first kappa shape index (κ1) is 43.1. The molecule has 1 aliphatic carbocycles. The molecule has 3 aliphatic rings. The van der Waals surface area contributed by atoms with Crippen molar-refractivity contribution < 1.29 is 23.9 Å². The lowest BCUT2D eigenvalue weighted by atomic mass is 9.85. The lowest BCUT2D eigenvalue weighted by Gasteiger charge is -2.38. The normalized spacial score (nSPS) is 19.3. The van der Waals surface area contributed by atoms with E-state index in [9.17, 15) is 14.4 Å². The number of aromatic nitrogens is 2. The van der Waals surface area contributed by atoms with E-state index < -0.39 is 6.03 Å². The van der Waals surface area contributed by atoms with Crippen LogP contribution in [-0.2, 0) is 22.4 Å². The monoisotopic (exact) mass is 859 g/mol. The third-order valence-corrected chi connectivity index (χ3v) is 13.0. The Bertz CT molecular complexity index is 2390. The number of aryl methyl sites for hydroxylation is 1. The maximum Gasteiger partial charge on any atom is 0.329 e. The number of nitrogens with one attached hydrogen (secondary N) is 1. The largest absolute Gasteiger partial charge is 0.493 e. The molecule has 1 saturated heterocycles. The highest BCUT2D eigenvalue weighted by molar-refractivity contribution is 6.30. The van der Waals surface area contributed by atoms with Crippen LogP contribution in [-0.4, -0.2) is 85.1 Å². The minimum atomic E-state index is -0.404. The quantitative estimate of drug-likeness (QED) is 0.104. The van der Waals surface area contributed by atoms with Crippen LogP contribution in [0, 0.1) is 5.92 Å². The molecule has 2 fully saturated rings. The number of hydrogen-bond acceptors (Lipinski definition) is 8. The number of benzene rings is 3. The highest BCUT2D eigenvalue weighted by atomic mass is 35.5.